The molecule has 2 nitrogen and oxygen atoms in total. The molecular weight excluding hydrogens is 264 g/mol. The van der Waals surface area contributed by atoms with Crippen molar-refractivity contribution in [2.75, 3.05) is 11.9 Å². The third-order valence-electron chi connectivity index (χ3n) is 3.32. The molecule has 102 valence electrons. The third-order valence-corrected chi connectivity index (χ3v) is 4.29. The molecule has 0 spiro atoms. The summed E-state index contributed by atoms with van der Waals surface area (Å²) in [5, 5.41) is 4.44. The summed E-state index contributed by atoms with van der Waals surface area (Å²) in [6.45, 7) is 5.17. The maximum absolute atomic E-state index is 4.61. The van der Waals surface area contributed by atoms with E-state index in [1.807, 2.05) is 0 Å². The lowest BCUT2D eigenvalue weighted by molar-refractivity contribution is 1.01. The molecular formula is C17H18N2S. The molecule has 1 heterocycles. The fourth-order valence-corrected chi connectivity index (χ4v) is 3.28. The average Bonchev–Trinajstić information content (AvgIpc) is 2.80. The van der Waals surface area contributed by atoms with Gasteiger partial charge in [0.2, 0.25) is 0 Å². The Kier molecular flexibility index (Phi) is 3.70. The highest BCUT2D eigenvalue weighted by atomic mass is 32.1. The Morgan fingerprint density at radius 3 is 2.75 bits per heavy atom. The summed E-state index contributed by atoms with van der Waals surface area (Å²) in [6.07, 6.45) is 1.02. The van der Waals surface area contributed by atoms with Crippen LogP contribution in [0.25, 0.3) is 10.2 Å². The minimum Gasteiger partial charge on any atom is -0.361 e. The van der Waals surface area contributed by atoms with E-state index in [4.69, 9.17) is 0 Å². The molecule has 0 radical (unpaired) electrons. The topological polar surface area (TPSA) is 24.9 Å². The van der Waals surface area contributed by atoms with Gasteiger partial charge in [-0.2, -0.15) is 0 Å². The van der Waals surface area contributed by atoms with Crippen molar-refractivity contribution in [1.82, 2.24) is 4.98 Å². The first-order valence-corrected chi connectivity index (χ1v) is 7.69. The van der Waals surface area contributed by atoms with Gasteiger partial charge in [-0.05, 0) is 43.5 Å². The molecule has 0 aliphatic heterocycles. The van der Waals surface area contributed by atoms with Gasteiger partial charge in [-0.3, -0.25) is 0 Å². The van der Waals surface area contributed by atoms with Crippen molar-refractivity contribution in [1.29, 1.82) is 0 Å². The van der Waals surface area contributed by atoms with Crippen molar-refractivity contribution in [2.24, 2.45) is 0 Å². The lowest BCUT2D eigenvalue weighted by Crippen LogP contribution is -2.04. The second-order valence-corrected chi connectivity index (χ2v) is 6.19. The maximum atomic E-state index is 4.61. The molecule has 0 bridgehead atoms. The van der Waals surface area contributed by atoms with Crippen LogP contribution in [0.2, 0.25) is 0 Å². The molecule has 0 aliphatic rings. The van der Waals surface area contributed by atoms with Gasteiger partial charge in [-0.25, -0.2) is 4.98 Å². The van der Waals surface area contributed by atoms with Gasteiger partial charge in [0.15, 0.2) is 5.13 Å². The summed E-state index contributed by atoms with van der Waals surface area (Å²) in [5.41, 5.74) is 5.05. The summed E-state index contributed by atoms with van der Waals surface area (Å²) in [7, 11) is 0. The molecule has 1 N–H and O–H groups in total. The van der Waals surface area contributed by atoms with E-state index in [0.717, 1.165) is 23.6 Å². The Hall–Kier alpha value is -1.87. The van der Waals surface area contributed by atoms with Crippen LogP contribution in [0, 0.1) is 13.8 Å². The van der Waals surface area contributed by atoms with Crippen molar-refractivity contribution in [2.45, 2.75) is 20.3 Å². The van der Waals surface area contributed by atoms with Crippen LogP contribution in [0.3, 0.4) is 0 Å². The van der Waals surface area contributed by atoms with E-state index in [9.17, 15) is 0 Å². The molecule has 3 rings (SSSR count). The van der Waals surface area contributed by atoms with Crippen LogP contribution in [-0.2, 0) is 6.42 Å². The number of thiazole rings is 1. The SMILES string of the molecule is Cc1cccc(CCNc2nc3ccc(C)cc3s2)c1. The zero-order valence-electron chi connectivity index (χ0n) is 11.8. The van der Waals surface area contributed by atoms with Crippen LogP contribution in [0.4, 0.5) is 5.13 Å². The van der Waals surface area contributed by atoms with Gasteiger partial charge in [0.05, 0.1) is 10.2 Å². The van der Waals surface area contributed by atoms with E-state index >= 15 is 0 Å². The molecule has 0 fully saturated rings. The van der Waals surface area contributed by atoms with Crippen molar-refractivity contribution in [3.63, 3.8) is 0 Å². The Labute approximate surface area is 123 Å². The molecule has 3 heteroatoms. The molecule has 0 atom stereocenters. The monoisotopic (exact) mass is 282 g/mol. The standard InChI is InChI=1S/C17H18N2S/c1-12-4-3-5-14(10-12)8-9-18-17-19-15-7-6-13(2)11-16(15)20-17/h3-7,10-11H,8-9H2,1-2H3,(H,18,19). The van der Waals surface area contributed by atoms with Gasteiger partial charge >= 0.3 is 0 Å². The molecule has 1 aromatic heterocycles. The average molecular weight is 282 g/mol. The quantitative estimate of drug-likeness (QED) is 0.758. The zero-order chi connectivity index (χ0) is 13.9. The predicted octanol–water partition coefficient (Wildman–Crippen LogP) is 4.57. The first-order valence-electron chi connectivity index (χ1n) is 6.87. The lowest BCUT2D eigenvalue weighted by atomic mass is 10.1. The molecule has 0 amide bonds. The highest BCUT2D eigenvalue weighted by Gasteiger charge is 2.03. The molecule has 3 aromatic rings. The van der Waals surface area contributed by atoms with Crippen LogP contribution in [0.15, 0.2) is 42.5 Å². The number of hydrogen-bond donors (Lipinski definition) is 1. The number of benzene rings is 2. The summed E-state index contributed by atoms with van der Waals surface area (Å²) < 4.78 is 1.25. The van der Waals surface area contributed by atoms with E-state index in [1.165, 1.54) is 21.4 Å². The number of rotatable bonds is 4. The van der Waals surface area contributed by atoms with E-state index in [1.54, 1.807) is 11.3 Å². The van der Waals surface area contributed by atoms with Gasteiger partial charge in [0.25, 0.3) is 0 Å². The minimum absolute atomic E-state index is 0.919. The van der Waals surface area contributed by atoms with E-state index in [-0.39, 0.29) is 0 Å². The maximum Gasteiger partial charge on any atom is 0.183 e. The van der Waals surface area contributed by atoms with E-state index in [2.05, 4.69) is 66.6 Å². The number of aryl methyl sites for hydroxylation is 2. The van der Waals surface area contributed by atoms with Crippen molar-refractivity contribution in [3.8, 4) is 0 Å². The number of nitrogens with zero attached hydrogens (tertiary/aromatic N) is 1. The summed E-state index contributed by atoms with van der Waals surface area (Å²) >= 11 is 1.73. The van der Waals surface area contributed by atoms with E-state index < -0.39 is 0 Å². The van der Waals surface area contributed by atoms with Crippen LogP contribution in [0.5, 0.6) is 0 Å². The summed E-state index contributed by atoms with van der Waals surface area (Å²) in [5.74, 6) is 0. The van der Waals surface area contributed by atoms with Crippen LogP contribution < -0.4 is 5.32 Å². The fourth-order valence-electron chi connectivity index (χ4n) is 2.29. The van der Waals surface area contributed by atoms with Crippen molar-refractivity contribution in [3.05, 3.63) is 59.2 Å². The number of nitrogens with one attached hydrogen (secondary N) is 1. The molecule has 20 heavy (non-hydrogen) atoms. The summed E-state index contributed by atoms with van der Waals surface area (Å²) in [4.78, 5) is 4.61. The first kappa shape index (κ1) is 13.1. The van der Waals surface area contributed by atoms with Gasteiger partial charge in [-0.15, -0.1) is 0 Å². The molecule has 2 aromatic carbocycles. The smallest absolute Gasteiger partial charge is 0.183 e. The minimum atomic E-state index is 0.919. The zero-order valence-corrected chi connectivity index (χ0v) is 12.6. The Morgan fingerprint density at radius 1 is 1.05 bits per heavy atom. The van der Waals surface area contributed by atoms with Crippen LogP contribution >= 0.6 is 11.3 Å². The third kappa shape index (κ3) is 2.99. The largest absolute Gasteiger partial charge is 0.361 e. The molecule has 0 saturated heterocycles. The Bertz CT molecular complexity index is 731. The highest BCUT2D eigenvalue weighted by molar-refractivity contribution is 7.22. The fraction of sp³-hybridized carbons (Fsp3) is 0.235. The predicted molar refractivity (Wildman–Crippen MR) is 87.7 cm³/mol. The van der Waals surface area contributed by atoms with Gasteiger partial charge < -0.3 is 5.32 Å². The van der Waals surface area contributed by atoms with Gasteiger partial charge in [0, 0.05) is 6.54 Å². The lowest BCUT2D eigenvalue weighted by Gasteiger charge is -2.03. The highest BCUT2D eigenvalue weighted by Crippen LogP contribution is 2.26. The van der Waals surface area contributed by atoms with Gasteiger partial charge in [-0.1, -0.05) is 47.2 Å². The number of fused-ring (bicyclic) bond motifs is 1. The number of hydrogen-bond acceptors (Lipinski definition) is 3. The molecule has 0 aliphatic carbocycles. The molecule has 0 unspecified atom stereocenters. The molecule has 0 saturated carbocycles. The second-order valence-electron chi connectivity index (χ2n) is 5.16. The second kappa shape index (κ2) is 5.63. The van der Waals surface area contributed by atoms with E-state index in [0.29, 0.717) is 0 Å². The first-order chi connectivity index (χ1) is 9.70. The Balaban J connectivity index is 1.65. The van der Waals surface area contributed by atoms with Crippen LogP contribution in [-0.4, -0.2) is 11.5 Å². The Morgan fingerprint density at radius 2 is 1.90 bits per heavy atom. The number of anilines is 1. The van der Waals surface area contributed by atoms with Crippen molar-refractivity contribution < 1.29 is 0 Å². The van der Waals surface area contributed by atoms with Gasteiger partial charge in [0.1, 0.15) is 0 Å². The number of aromatic nitrogens is 1. The summed E-state index contributed by atoms with van der Waals surface area (Å²) in [6, 6.07) is 15.1. The van der Waals surface area contributed by atoms with Crippen molar-refractivity contribution >= 4 is 26.7 Å². The van der Waals surface area contributed by atoms with Crippen LogP contribution in [0.1, 0.15) is 16.7 Å². The normalized spacial score (nSPS) is 10.9.